The lowest BCUT2D eigenvalue weighted by Crippen LogP contribution is -2.22. The van der Waals surface area contributed by atoms with E-state index in [2.05, 4.69) is 6.92 Å². The molecule has 0 aromatic heterocycles. The Kier molecular flexibility index (Phi) is 5.76. The van der Waals surface area contributed by atoms with Crippen molar-refractivity contribution in [2.75, 3.05) is 18.8 Å². The van der Waals surface area contributed by atoms with Gasteiger partial charge in [0.05, 0.1) is 5.75 Å². The molecule has 0 spiro atoms. The van der Waals surface area contributed by atoms with Crippen LogP contribution in [0.4, 0.5) is 0 Å². The van der Waals surface area contributed by atoms with Crippen molar-refractivity contribution in [3.8, 4) is 0 Å². The fraction of sp³-hybridized carbons (Fsp3) is 0.818. The van der Waals surface area contributed by atoms with Crippen molar-refractivity contribution in [1.29, 1.82) is 0 Å². The SMILES string of the molecule is CCCCCCC[N+]1=C(C(=O)O)SCC1. The number of nitrogens with zero attached hydrogens (tertiary/aromatic N) is 1. The average molecular weight is 230 g/mol. The first-order chi connectivity index (χ1) is 7.25. The van der Waals surface area contributed by atoms with Gasteiger partial charge in [-0.3, -0.25) is 0 Å². The van der Waals surface area contributed by atoms with Crippen LogP contribution in [0.5, 0.6) is 0 Å². The van der Waals surface area contributed by atoms with Crippen LogP contribution in [-0.4, -0.2) is 39.5 Å². The van der Waals surface area contributed by atoms with E-state index in [0.717, 1.165) is 25.3 Å². The molecule has 0 saturated carbocycles. The van der Waals surface area contributed by atoms with Crippen LogP contribution >= 0.6 is 11.8 Å². The minimum absolute atomic E-state index is 0.547. The van der Waals surface area contributed by atoms with Gasteiger partial charge in [-0.15, -0.1) is 0 Å². The second-order valence-electron chi connectivity index (χ2n) is 3.86. The summed E-state index contributed by atoms with van der Waals surface area (Å²) in [6.07, 6.45) is 6.18. The Morgan fingerprint density at radius 3 is 2.80 bits per heavy atom. The van der Waals surface area contributed by atoms with E-state index in [1.807, 2.05) is 4.58 Å². The van der Waals surface area contributed by atoms with Crippen LogP contribution in [0.3, 0.4) is 0 Å². The van der Waals surface area contributed by atoms with Crippen molar-refractivity contribution in [2.24, 2.45) is 0 Å². The zero-order valence-electron chi connectivity index (χ0n) is 9.37. The Hall–Kier alpha value is -0.510. The summed E-state index contributed by atoms with van der Waals surface area (Å²) < 4.78 is 2.01. The van der Waals surface area contributed by atoms with Crippen molar-refractivity contribution < 1.29 is 14.5 Å². The number of rotatable bonds is 7. The van der Waals surface area contributed by atoms with Crippen molar-refractivity contribution in [1.82, 2.24) is 0 Å². The molecule has 1 heterocycles. The minimum Gasteiger partial charge on any atom is -0.473 e. The molecule has 1 aliphatic rings. The molecule has 86 valence electrons. The van der Waals surface area contributed by atoms with Crippen LogP contribution in [-0.2, 0) is 4.79 Å². The van der Waals surface area contributed by atoms with Crippen molar-refractivity contribution >= 4 is 22.8 Å². The van der Waals surface area contributed by atoms with Crippen LogP contribution in [0.25, 0.3) is 0 Å². The lowest BCUT2D eigenvalue weighted by molar-refractivity contribution is -0.517. The van der Waals surface area contributed by atoms with E-state index >= 15 is 0 Å². The number of aliphatic carboxylic acids is 1. The van der Waals surface area contributed by atoms with E-state index in [4.69, 9.17) is 5.11 Å². The van der Waals surface area contributed by atoms with Gasteiger partial charge in [0.1, 0.15) is 6.54 Å². The van der Waals surface area contributed by atoms with Gasteiger partial charge in [-0.05, 0) is 18.2 Å². The Morgan fingerprint density at radius 2 is 2.13 bits per heavy atom. The van der Waals surface area contributed by atoms with Crippen LogP contribution < -0.4 is 0 Å². The monoisotopic (exact) mass is 230 g/mol. The maximum atomic E-state index is 10.8. The van der Waals surface area contributed by atoms with Gasteiger partial charge >= 0.3 is 11.0 Å². The third-order valence-electron chi connectivity index (χ3n) is 2.60. The lowest BCUT2D eigenvalue weighted by atomic mass is 10.1. The van der Waals surface area contributed by atoms with Crippen LogP contribution in [0.2, 0.25) is 0 Å². The van der Waals surface area contributed by atoms with Gasteiger partial charge in [-0.25, -0.2) is 9.37 Å². The number of thioether (sulfide) groups is 1. The predicted octanol–water partition coefficient (Wildman–Crippen LogP) is 2.20. The molecule has 0 unspecified atom stereocenters. The second kappa shape index (κ2) is 6.88. The number of carboxylic acid groups (broad SMARTS) is 1. The molecule has 15 heavy (non-hydrogen) atoms. The smallest absolute Gasteiger partial charge is 0.408 e. The third-order valence-corrected chi connectivity index (χ3v) is 3.69. The molecule has 1 rings (SSSR count). The summed E-state index contributed by atoms with van der Waals surface area (Å²) in [4.78, 5) is 10.8. The van der Waals surface area contributed by atoms with Gasteiger partial charge < -0.3 is 5.11 Å². The molecular formula is C11H20NO2S+. The zero-order chi connectivity index (χ0) is 11.1. The fourth-order valence-corrected chi connectivity index (χ4v) is 2.76. The van der Waals surface area contributed by atoms with Crippen molar-refractivity contribution in [3.63, 3.8) is 0 Å². The van der Waals surface area contributed by atoms with E-state index in [0.29, 0.717) is 5.04 Å². The lowest BCUT2D eigenvalue weighted by Gasteiger charge is -1.99. The van der Waals surface area contributed by atoms with E-state index in [1.54, 1.807) is 0 Å². The average Bonchev–Trinajstić information content (AvgIpc) is 2.66. The van der Waals surface area contributed by atoms with Crippen LogP contribution in [0.15, 0.2) is 0 Å². The van der Waals surface area contributed by atoms with Crippen LogP contribution in [0.1, 0.15) is 39.0 Å². The van der Waals surface area contributed by atoms with Gasteiger partial charge in [0.15, 0.2) is 6.54 Å². The molecule has 0 amide bonds. The summed E-state index contributed by atoms with van der Waals surface area (Å²) in [6.45, 7) is 4.02. The maximum Gasteiger partial charge on any atom is 0.408 e. The molecule has 0 atom stereocenters. The predicted molar refractivity (Wildman–Crippen MR) is 63.9 cm³/mol. The molecule has 3 nitrogen and oxygen atoms in total. The highest BCUT2D eigenvalue weighted by Gasteiger charge is 2.28. The van der Waals surface area contributed by atoms with E-state index in [-0.39, 0.29) is 0 Å². The topological polar surface area (TPSA) is 40.3 Å². The molecule has 0 aromatic rings. The standard InChI is InChI=1S/C11H19NO2S/c1-2-3-4-5-6-7-12-8-9-15-10(12)11(13)14/h2-9H2,1H3/p+1. The molecule has 0 saturated heterocycles. The summed E-state index contributed by atoms with van der Waals surface area (Å²) in [5.74, 6) is 0.169. The van der Waals surface area contributed by atoms with Crippen molar-refractivity contribution in [2.45, 2.75) is 39.0 Å². The van der Waals surface area contributed by atoms with E-state index in [9.17, 15) is 4.79 Å². The van der Waals surface area contributed by atoms with Gasteiger partial charge in [0.25, 0.3) is 0 Å². The second-order valence-corrected chi connectivity index (χ2v) is 4.94. The van der Waals surface area contributed by atoms with E-state index < -0.39 is 5.97 Å². The van der Waals surface area contributed by atoms with Crippen molar-refractivity contribution in [3.05, 3.63) is 0 Å². The number of hydrogen-bond donors (Lipinski definition) is 1. The Labute approximate surface area is 95.6 Å². The largest absolute Gasteiger partial charge is 0.473 e. The maximum absolute atomic E-state index is 10.8. The van der Waals surface area contributed by atoms with Crippen LogP contribution in [0, 0.1) is 0 Å². The van der Waals surface area contributed by atoms with Gasteiger partial charge in [0, 0.05) is 6.42 Å². The Balaban J connectivity index is 2.25. The highest BCUT2D eigenvalue weighted by atomic mass is 32.2. The fourth-order valence-electron chi connectivity index (χ4n) is 1.76. The minimum atomic E-state index is -0.758. The molecule has 4 heteroatoms. The molecule has 0 fully saturated rings. The molecule has 0 aromatic carbocycles. The zero-order valence-corrected chi connectivity index (χ0v) is 10.2. The Bertz CT molecular complexity index is 251. The highest BCUT2D eigenvalue weighted by Crippen LogP contribution is 2.13. The Morgan fingerprint density at radius 1 is 1.40 bits per heavy atom. The summed E-state index contributed by atoms with van der Waals surface area (Å²) >= 11 is 1.47. The van der Waals surface area contributed by atoms with Gasteiger partial charge in [0.2, 0.25) is 0 Å². The normalized spacial score (nSPS) is 16.1. The molecular weight excluding hydrogens is 210 g/mol. The first-order valence-corrected chi connectivity index (χ1v) is 6.72. The summed E-state index contributed by atoms with van der Waals surface area (Å²) in [5, 5.41) is 9.47. The molecule has 1 N–H and O–H groups in total. The summed E-state index contributed by atoms with van der Waals surface area (Å²) in [7, 11) is 0. The molecule has 0 radical (unpaired) electrons. The van der Waals surface area contributed by atoms with E-state index in [1.165, 1.54) is 37.4 Å². The summed E-state index contributed by atoms with van der Waals surface area (Å²) in [6, 6.07) is 0. The highest BCUT2D eigenvalue weighted by molar-refractivity contribution is 8.15. The van der Waals surface area contributed by atoms with Gasteiger partial charge in [-0.1, -0.05) is 26.2 Å². The van der Waals surface area contributed by atoms with Gasteiger partial charge in [-0.2, -0.15) is 0 Å². The molecule has 1 aliphatic heterocycles. The first kappa shape index (κ1) is 12.6. The third kappa shape index (κ3) is 4.24. The first-order valence-electron chi connectivity index (χ1n) is 5.73. The number of carbonyl (C=O) groups is 1. The number of carboxylic acids is 1. The molecule has 0 bridgehead atoms. The molecule has 0 aliphatic carbocycles. The number of hydrogen-bond acceptors (Lipinski definition) is 2. The number of unbranched alkanes of at least 4 members (excludes halogenated alkanes) is 4. The quantitative estimate of drug-likeness (QED) is 0.538. The summed E-state index contributed by atoms with van der Waals surface area (Å²) in [5.41, 5.74) is 0.